The standard InChI is InChI=1S/C24H24F4N6O/c1-15-10-20(31-19-5-3-4-18(11-19)24(26,27)28)7-6-17(15)12-30-33-23-29-13-21(25)22(32-23)34-8-9-35-14-16(34)2/h3-7,10-13,16,31H,8-9,14H2,1-2H3,(H,29,32,33)/b30-12+. The summed E-state index contributed by atoms with van der Waals surface area (Å²) in [4.78, 5) is 10.0. The maximum atomic E-state index is 14.3. The first-order valence-electron chi connectivity index (χ1n) is 10.9. The number of morpholine rings is 1. The predicted molar refractivity (Wildman–Crippen MR) is 127 cm³/mol. The van der Waals surface area contributed by atoms with Crippen LogP contribution >= 0.6 is 0 Å². The highest BCUT2D eigenvalue weighted by Gasteiger charge is 2.30. The second-order valence-corrected chi connectivity index (χ2v) is 8.13. The molecule has 184 valence electrons. The number of ether oxygens (including phenoxy) is 1. The number of aryl methyl sites for hydroxylation is 1. The molecule has 1 aromatic heterocycles. The van der Waals surface area contributed by atoms with Gasteiger partial charge in [0.05, 0.1) is 37.2 Å². The molecule has 0 aliphatic carbocycles. The Labute approximate surface area is 199 Å². The van der Waals surface area contributed by atoms with E-state index in [2.05, 4.69) is 25.8 Å². The smallest absolute Gasteiger partial charge is 0.377 e. The summed E-state index contributed by atoms with van der Waals surface area (Å²) in [5.74, 6) is -0.181. The van der Waals surface area contributed by atoms with Gasteiger partial charge in [0.2, 0.25) is 5.95 Å². The molecule has 0 amide bonds. The Morgan fingerprint density at radius 1 is 1.17 bits per heavy atom. The maximum Gasteiger partial charge on any atom is 0.416 e. The molecule has 1 aliphatic heterocycles. The SMILES string of the molecule is Cc1cc(Nc2cccc(C(F)(F)F)c2)ccc1/C=N/Nc1ncc(F)c(N2CCOCC2C)n1. The number of nitrogens with one attached hydrogen (secondary N) is 2. The van der Waals surface area contributed by atoms with E-state index in [-0.39, 0.29) is 17.8 Å². The van der Waals surface area contributed by atoms with Gasteiger partial charge in [0, 0.05) is 17.9 Å². The quantitative estimate of drug-likeness (QED) is 0.277. The fourth-order valence-electron chi connectivity index (χ4n) is 3.65. The van der Waals surface area contributed by atoms with Gasteiger partial charge >= 0.3 is 6.18 Å². The molecule has 0 spiro atoms. The van der Waals surface area contributed by atoms with Crippen LogP contribution in [0.2, 0.25) is 0 Å². The number of alkyl halides is 3. The second-order valence-electron chi connectivity index (χ2n) is 8.13. The van der Waals surface area contributed by atoms with Crippen molar-refractivity contribution in [2.24, 2.45) is 5.10 Å². The molecule has 35 heavy (non-hydrogen) atoms. The molecule has 1 unspecified atom stereocenters. The first-order valence-corrected chi connectivity index (χ1v) is 10.9. The van der Waals surface area contributed by atoms with Crippen molar-refractivity contribution < 1.29 is 22.3 Å². The van der Waals surface area contributed by atoms with E-state index in [9.17, 15) is 17.6 Å². The highest BCUT2D eigenvalue weighted by molar-refractivity contribution is 5.83. The van der Waals surface area contributed by atoms with Crippen molar-refractivity contribution in [2.45, 2.75) is 26.1 Å². The number of anilines is 4. The fourth-order valence-corrected chi connectivity index (χ4v) is 3.65. The summed E-state index contributed by atoms with van der Waals surface area (Å²) in [6, 6.07) is 10.3. The van der Waals surface area contributed by atoms with Gasteiger partial charge in [-0.25, -0.2) is 14.8 Å². The van der Waals surface area contributed by atoms with Gasteiger partial charge in [-0.1, -0.05) is 12.1 Å². The maximum absolute atomic E-state index is 14.3. The highest BCUT2D eigenvalue weighted by atomic mass is 19.4. The molecule has 1 fully saturated rings. The molecule has 0 bridgehead atoms. The van der Waals surface area contributed by atoms with Crippen molar-refractivity contribution in [3.8, 4) is 0 Å². The van der Waals surface area contributed by atoms with Crippen LogP contribution in [0.5, 0.6) is 0 Å². The van der Waals surface area contributed by atoms with Crippen LogP contribution in [0, 0.1) is 12.7 Å². The Kier molecular flexibility index (Phi) is 7.15. The minimum atomic E-state index is -4.41. The van der Waals surface area contributed by atoms with Gasteiger partial charge < -0.3 is 15.0 Å². The van der Waals surface area contributed by atoms with Gasteiger partial charge in [0.1, 0.15) is 0 Å². The third-order valence-corrected chi connectivity index (χ3v) is 5.48. The van der Waals surface area contributed by atoms with Crippen molar-refractivity contribution >= 4 is 29.4 Å². The lowest BCUT2D eigenvalue weighted by atomic mass is 10.1. The van der Waals surface area contributed by atoms with Gasteiger partial charge in [0.25, 0.3) is 0 Å². The molecule has 11 heteroatoms. The van der Waals surface area contributed by atoms with Crippen LogP contribution in [0.15, 0.2) is 53.8 Å². The van der Waals surface area contributed by atoms with Crippen molar-refractivity contribution in [3.05, 3.63) is 71.2 Å². The third-order valence-electron chi connectivity index (χ3n) is 5.48. The van der Waals surface area contributed by atoms with Crippen LogP contribution in [0.4, 0.5) is 40.7 Å². The normalized spacial score (nSPS) is 16.5. The summed E-state index contributed by atoms with van der Waals surface area (Å²) in [5.41, 5.74) is 4.59. The lowest BCUT2D eigenvalue weighted by Crippen LogP contribution is -2.44. The molecular formula is C24H24F4N6O. The largest absolute Gasteiger partial charge is 0.416 e. The highest BCUT2D eigenvalue weighted by Crippen LogP contribution is 2.31. The van der Waals surface area contributed by atoms with Crippen LogP contribution in [0.1, 0.15) is 23.6 Å². The Hall–Kier alpha value is -3.73. The molecule has 2 N–H and O–H groups in total. The van der Waals surface area contributed by atoms with Crippen LogP contribution < -0.4 is 15.6 Å². The summed E-state index contributed by atoms with van der Waals surface area (Å²) >= 11 is 0. The third kappa shape index (κ3) is 6.04. The van der Waals surface area contributed by atoms with Gasteiger partial charge in [-0.15, -0.1) is 0 Å². The van der Waals surface area contributed by atoms with E-state index in [1.165, 1.54) is 6.07 Å². The lowest BCUT2D eigenvalue weighted by Gasteiger charge is -2.34. The van der Waals surface area contributed by atoms with Gasteiger partial charge in [-0.3, -0.25) is 0 Å². The number of nitrogens with zero attached hydrogens (tertiary/aromatic N) is 4. The van der Waals surface area contributed by atoms with E-state index >= 15 is 0 Å². The van der Waals surface area contributed by atoms with Crippen LogP contribution in [0.25, 0.3) is 0 Å². The summed E-state index contributed by atoms with van der Waals surface area (Å²) in [7, 11) is 0. The summed E-state index contributed by atoms with van der Waals surface area (Å²) in [6.07, 6.45) is -1.74. The number of hydrogen-bond acceptors (Lipinski definition) is 7. The van der Waals surface area contributed by atoms with Crippen LogP contribution in [0.3, 0.4) is 0 Å². The number of rotatable bonds is 6. The molecule has 4 rings (SSSR count). The van der Waals surface area contributed by atoms with Crippen molar-refractivity contribution in [1.82, 2.24) is 9.97 Å². The summed E-state index contributed by atoms with van der Waals surface area (Å²) < 4.78 is 58.5. The topological polar surface area (TPSA) is 74.7 Å². The fraction of sp³-hybridized carbons (Fsp3) is 0.292. The van der Waals surface area contributed by atoms with E-state index in [1.807, 2.05) is 18.7 Å². The molecule has 1 saturated heterocycles. The zero-order chi connectivity index (χ0) is 25.0. The van der Waals surface area contributed by atoms with Crippen molar-refractivity contribution in [3.63, 3.8) is 0 Å². The number of benzene rings is 2. The van der Waals surface area contributed by atoms with Crippen molar-refractivity contribution in [2.75, 3.05) is 35.4 Å². The molecule has 1 atom stereocenters. The Balaban J connectivity index is 1.43. The zero-order valence-electron chi connectivity index (χ0n) is 19.1. The van der Waals surface area contributed by atoms with E-state index in [4.69, 9.17) is 4.74 Å². The Bertz CT molecular complexity index is 1220. The van der Waals surface area contributed by atoms with Crippen LogP contribution in [-0.2, 0) is 10.9 Å². The molecule has 0 radical (unpaired) electrons. The van der Waals surface area contributed by atoms with E-state index in [0.29, 0.717) is 31.1 Å². The van der Waals surface area contributed by atoms with E-state index in [1.54, 1.807) is 30.5 Å². The molecule has 2 aromatic carbocycles. The molecule has 2 heterocycles. The predicted octanol–water partition coefficient (Wildman–Crippen LogP) is 5.36. The van der Waals surface area contributed by atoms with Gasteiger partial charge in [0.15, 0.2) is 11.6 Å². The van der Waals surface area contributed by atoms with Gasteiger partial charge in [-0.2, -0.15) is 23.3 Å². The van der Waals surface area contributed by atoms with Gasteiger partial charge in [-0.05, 0) is 55.3 Å². The average Bonchev–Trinajstić information content (AvgIpc) is 2.82. The van der Waals surface area contributed by atoms with E-state index in [0.717, 1.165) is 29.5 Å². The Morgan fingerprint density at radius 2 is 1.97 bits per heavy atom. The molecular weight excluding hydrogens is 464 g/mol. The van der Waals surface area contributed by atoms with E-state index < -0.39 is 17.6 Å². The number of hydrogen-bond donors (Lipinski definition) is 2. The Morgan fingerprint density at radius 3 is 2.71 bits per heavy atom. The second kappa shape index (κ2) is 10.3. The summed E-state index contributed by atoms with van der Waals surface area (Å²) in [6.45, 7) is 5.29. The molecule has 3 aromatic rings. The molecule has 0 saturated carbocycles. The van der Waals surface area contributed by atoms with Crippen molar-refractivity contribution in [1.29, 1.82) is 0 Å². The zero-order valence-corrected chi connectivity index (χ0v) is 19.1. The lowest BCUT2D eigenvalue weighted by molar-refractivity contribution is -0.137. The molecule has 7 nitrogen and oxygen atoms in total. The first kappa shape index (κ1) is 24.4. The first-order chi connectivity index (χ1) is 16.7. The van der Waals surface area contributed by atoms with Crippen LogP contribution in [-0.4, -0.2) is 42.0 Å². The minimum Gasteiger partial charge on any atom is -0.377 e. The number of aromatic nitrogens is 2. The average molecular weight is 488 g/mol. The molecule has 1 aliphatic rings. The number of halogens is 4. The summed E-state index contributed by atoms with van der Waals surface area (Å²) in [5, 5.41) is 7.13. The minimum absolute atomic E-state index is 0.0183. The monoisotopic (exact) mass is 488 g/mol. The number of hydrazone groups is 1.